The first-order valence-corrected chi connectivity index (χ1v) is 13.0. The van der Waals surface area contributed by atoms with Gasteiger partial charge in [-0.3, -0.25) is 14.7 Å². The number of aryl methyl sites for hydroxylation is 3. The number of sulfonamides is 1. The average molecular weight is 517 g/mol. The normalized spacial score (nSPS) is 11.1. The maximum atomic E-state index is 14.3. The van der Waals surface area contributed by atoms with Crippen LogP contribution in [0.5, 0.6) is 0 Å². The van der Waals surface area contributed by atoms with Gasteiger partial charge in [0.25, 0.3) is 10.0 Å². The Morgan fingerprint density at radius 2 is 1.81 bits per heavy atom. The summed E-state index contributed by atoms with van der Waals surface area (Å²) in [6, 6.07) is 9.22. The molecule has 0 spiro atoms. The van der Waals surface area contributed by atoms with Crippen LogP contribution in [0, 0.1) is 31.5 Å². The molecule has 4 aromatic rings. The molecule has 3 aromatic heterocycles. The number of pyridine rings is 2. The van der Waals surface area contributed by atoms with Crippen LogP contribution in [0.25, 0.3) is 11.3 Å². The molecular weight excluding hydrogens is 491 g/mol. The summed E-state index contributed by atoms with van der Waals surface area (Å²) in [6.07, 6.45) is 5.35. The molecule has 3 heterocycles. The minimum Gasteiger partial charge on any atom is -0.325 e. The van der Waals surface area contributed by atoms with E-state index in [-0.39, 0.29) is 5.69 Å². The molecule has 8 nitrogen and oxygen atoms in total. The fourth-order valence-electron chi connectivity index (χ4n) is 3.59. The SMILES string of the molecule is CCc1ncnc(-c2ccc(CN)nc2)c1C#Cc1cnc(C)c(NS(=O)(=O)c2ccc(C)cc2F)c1. The molecule has 0 fully saturated rings. The van der Waals surface area contributed by atoms with Gasteiger partial charge < -0.3 is 5.73 Å². The van der Waals surface area contributed by atoms with Crippen molar-refractivity contribution in [3.05, 3.63) is 94.7 Å². The second kappa shape index (κ2) is 10.8. The molecule has 0 bridgehead atoms. The van der Waals surface area contributed by atoms with E-state index in [1.54, 1.807) is 32.3 Å². The van der Waals surface area contributed by atoms with Gasteiger partial charge in [-0.25, -0.2) is 22.8 Å². The van der Waals surface area contributed by atoms with Crippen molar-refractivity contribution >= 4 is 15.7 Å². The number of hydrogen-bond donors (Lipinski definition) is 2. The van der Waals surface area contributed by atoms with E-state index in [1.807, 2.05) is 19.1 Å². The Balaban J connectivity index is 1.71. The molecule has 0 radical (unpaired) electrons. The van der Waals surface area contributed by atoms with Crippen LogP contribution in [0.3, 0.4) is 0 Å². The van der Waals surface area contributed by atoms with Crippen LogP contribution in [-0.4, -0.2) is 28.4 Å². The van der Waals surface area contributed by atoms with E-state index in [1.165, 1.54) is 24.5 Å². The van der Waals surface area contributed by atoms with E-state index in [0.29, 0.717) is 41.0 Å². The molecule has 37 heavy (non-hydrogen) atoms. The predicted octanol–water partition coefficient (Wildman–Crippen LogP) is 3.91. The maximum Gasteiger partial charge on any atom is 0.264 e. The van der Waals surface area contributed by atoms with Crippen molar-refractivity contribution < 1.29 is 12.8 Å². The maximum absolute atomic E-state index is 14.3. The van der Waals surface area contributed by atoms with Gasteiger partial charge in [-0.15, -0.1) is 0 Å². The Hall–Kier alpha value is -4.20. The predicted molar refractivity (Wildman–Crippen MR) is 139 cm³/mol. The summed E-state index contributed by atoms with van der Waals surface area (Å²) in [7, 11) is -4.18. The summed E-state index contributed by atoms with van der Waals surface area (Å²) in [6.45, 7) is 5.64. The summed E-state index contributed by atoms with van der Waals surface area (Å²) >= 11 is 0. The number of anilines is 1. The number of benzene rings is 1. The second-order valence-corrected chi connectivity index (χ2v) is 9.94. The number of nitrogens with two attached hydrogens (primary N) is 1. The zero-order valence-electron chi connectivity index (χ0n) is 20.6. The third-order valence-corrected chi connectivity index (χ3v) is 7.01. The Morgan fingerprint density at radius 3 is 2.49 bits per heavy atom. The van der Waals surface area contributed by atoms with Crippen molar-refractivity contribution in [1.29, 1.82) is 0 Å². The Morgan fingerprint density at radius 1 is 1.00 bits per heavy atom. The largest absolute Gasteiger partial charge is 0.325 e. The molecule has 10 heteroatoms. The standard InChI is InChI=1S/C27H25FN6O2S/c1-4-24-22(27(33-16-32-24)20-7-8-21(13-29)31-15-20)9-6-19-12-25(18(3)30-14-19)34-37(35,36)26-10-5-17(2)11-23(26)28/h5,7-8,10-12,14-16,34H,4,13,29H2,1-3H3. The van der Waals surface area contributed by atoms with Crippen molar-refractivity contribution in [2.24, 2.45) is 5.73 Å². The molecule has 4 rings (SSSR count). The average Bonchev–Trinajstić information content (AvgIpc) is 2.88. The molecule has 0 aliphatic carbocycles. The molecule has 0 saturated carbocycles. The Kier molecular flexibility index (Phi) is 7.57. The van der Waals surface area contributed by atoms with Gasteiger partial charge >= 0.3 is 0 Å². The second-order valence-electron chi connectivity index (χ2n) is 8.29. The summed E-state index contributed by atoms with van der Waals surface area (Å²) in [5.41, 5.74) is 10.9. The summed E-state index contributed by atoms with van der Waals surface area (Å²) in [4.78, 5) is 17.0. The number of hydrogen-bond acceptors (Lipinski definition) is 7. The van der Waals surface area contributed by atoms with Crippen molar-refractivity contribution in [3.63, 3.8) is 0 Å². The highest BCUT2D eigenvalue weighted by Gasteiger charge is 2.20. The third kappa shape index (κ3) is 5.80. The summed E-state index contributed by atoms with van der Waals surface area (Å²) in [5.74, 6) is 5.34. The van der Waals surface area contributed by atoms with Gasteiger partial charge in [0.15, 0.2) is 0 Å². The minimum atomic E-state index is -4.18. The van der Waals surface area contributed by atoms with Gasteiger partial charge in [0, 0.05) is 30.1 Å². The summed E-state index contributed by atoms with van der Waals surface area (Å²) < 4.78 is 42.5. The number of aromatic nitrogens is 4. The van der Waals surface area contributed by atoms with Gasteiger partial charge in [-0.1, -0.05) is 24.8 Å². The van der Waals surface area contributed by atoms with Crippen molar-refractivity contribution in [3.8, 4) is 23.1 Å². The Labute approximate surface area is 215 Å². The molecule has 0 saturated heterocycles. The van der Waals surface area contributed by atoms with Gasteiger partial charge in [-0.05, 0) is 56.2 Å². The van der Waals surface area contributed by atoms with Gasteiger partial charge in [0.1, 0.15) is 17.0 Å². The highest BCUT2D eigenvalue weighted by molar-refractivity contribution is 7.92. The molecule has 0 aliphatic rings. The molecule has 0 aliphatic heterocycles. The Bertz CT molecular complexity index is 1630. The van der Waals surface area contributed by atoms with E-state index < -0.39 is 20.7 Å². The topological polar surface area (TPSA) is 124 Å². The van der Waals surface area contributed by atoms with E-state index in [4.69, 9.17) is 5.73 Å². The lowest BCUT2D eigenvalue weighted by molar-refractivity contribution is 0.569. The number of rotatable bonds is 6. The molecule has 0 amide bonds. The van der Waals surface area contributed by atoms with Crippen LogP contribution in [0.2, 0.25) is 0 Å². The van der Waals surface area contributed by atoms with E-state index in [2.05, 4.69) is 36.5 Å². The van der Waals surface area contributed by atoms with E-state index >= 15 is 0 Å². The number of nitrogens with zero attached hydrogens (tertiary/aromatic N) is 4. The van der Waals surface area contributed by atoms with Gasteiger partial charge in [0.05, 0.1) is 34.0 Å². The summed E-state index contributed by atoms with van der Waals surface area (Å²) in [5, 5.41) is 0. The molecule has 188 valence electrons. The zero-order chi connectivity index (χ0) is 26.6. The number of halogens is 1. The van der Waals surface area contributed by atoms with E-state index in [0.717, 1.165) is 17.0 Å². The highest BCUT2D eigenvalue weighted by atomic mass is 32.2. The molecule has 0 unspecified atom stereocenters. The van der Waals surface area contributed by atoms with Gasteiger partial charge in [0.2, 0.25) is 0 Å². The molecule has 0 atom stereocenters. The highest BCUT2D eigenvalue weighted by Crippen LogP contribution is 2.24. The van der Waals surface area contributed by atoms with Crippen LogP contribution < -0.4 is 10.5 Å². The van der Waals surface area contributed by atoms with Crippen LogP contribution in [-0.2, 0) is 23.0 Å². The third-order valence-electron chi connectivity index (χ3n) is 5.61. The van der Waals surface area contributed by atoms with Crippen LogP contribution >= 0.6 is 0 Å². The zero-order valence-corrected chi connectivity index (χ0v) is 21.4. The fourth-order valence-corrected chi connectivity index (χ4v) is 4.76. The monoisotopic (exact) mass is 516 g/mol. The van der Waals surface area contributed by atoms with Crippen LogP contribution in [0.1, 0.15) is 40.7 Å². The van der Waals surface area contributed by atoms with Crippen LogP contribution in [0.4, 0.5) is 10.1 Å². The first-order valence-electron chi connectivity index (χ1n) is 11.5. The number of nitrogens with one attached hydrogen (secondary N) is 1. The minimum absolute atomic E-state index is 0.202. The van der Waals surface area contributed by atoms with Crippen molar-refractivity contribution in [2.45, 2.75) is 38.6 Å². The van der Waals surface area contributed by atoms with Crippen LogP contribution in [0.15, 0.2) is 60.0 Å². The smallest absolute Gasteiger partial charge is 0.264 e. The van der Waals surface area contributed by atoms with Crippen molar-refractivity contribution in [2.75, 3.05) is 4.72 Å². The lowest BCUT2D eigenvalue weighted by atomic mass is 10.0. The molecular formula is C27H25FN6O2S. The van der Waals surface area contributed by atoms with Gasteiger partial charge in [-0.2, -0.15) is 0 Å². The lowest BCUT2D eigenvalue weighted by Crippen LogP contribution is -2.16. The molecule has 3 N–H and O–H groups in total. The lowest BCUT2D eigenvalue weighted by Gasteiger charge is -2.11. The van der Waals surface area contributed by atoms with E-state index in [9.17, 15) is 12.8 Å². The quantitative estimate of drug-likeness (QED) is 0.372. The van der Waals surface area contributed by atoms with Crippen molar-refractivity contribution in [1.82, 2.24) is 19.9 Å². The first kappa shape index (κ1) is 25.9. The molecule has 1 aromatic carbocycles. The fraction of sp³-hybridized carbons (Fsp3) is 0.185. The first-order chi connectivity index (χ1) is 17.7.